The first kappa shape index (κ1) is 18.2. The molecule has 0 atom stereocenters. The van der Waals surface area contributed by atoms with Crippen LogP contribution >= 0.6 is 11.3 Å². The Hall–Kier alpha value is -3.19. The molecular weight excluding hydrogens is 372 g/mol. The van der Waals surface area contributed by atoms with Gasteiger partial charge in [-0.25, -0.2) is 9.97 Å². The van der Waals surface area contributed by atoms with Gasteiger partial charge in [0.05, 0.1) is 18.2 Å². The number of fused-ring (bicyclic) bond motifs is 1. The van der Waals surface area contributed by atoms with E-state index in [1.165, 1.54) is 4.88 Å². The molecule has 0 aliphatic carbocycles. The quantitative estimate of drug-likeness (QED) is 0.533. The van der Waals surface area contributed by atoms with Crippen LogP contribution in [0.5, 0.6) is 0 Å². The Morgan fingerprint density at radius 1 is 1.18 bits per heavy atom. The number of anilines is 1. The summed E-state index contributed by atoms with van der Waals surface area (Å²) >= 11 is 1.66. The molecule has 0 fully saturated rings. The predicted molar refractivity (Wildman–Crippen MR) is 111 cm³/mol. The number of aryl methyl sites for hydroxylation is 1. The summed E-state index contributed by atoms with van der Waals surface area (Å²) in [6, 6.07) is 13.6. The molecule has 4 aromatic rings. The average Bonchev–Trinajstić information content (AvgIpc) is 3.35. The van der Waals surface area contributed by atoms with Crippen molar-refractivity contribution in [3.05, 3.63) is 76.8 Å². The lowest BCUT2D eigenvalue weighted by Crippen LogP contribution is -2.23. The van der Waals surface area contributed by atoms with E-state index in [-0.39, 0.29) is 5.91 Å². The van der Waals surface area contributed by atoms with E-state index in [0.29, 0.717) is 18.7 Å². The van der Waals surface area contributed by atoms with Crippen LogP contribution in [0, 0.1) is 6.92 Å². The third-order valence-electron chi connectivity index (χ3n) is 4.47. The summed E-state index contributed by atoms with van der Waals surface area (Å²) in [7, 11) is 1.63. The number of aromatic nitrogens is 2. The molecule has 142 valence electrons. The number of carbonyl (C=O) groups is 1. The zero-order chi connectivity index (χ0) is 19.5. The molecule has 6 nitrogen and oxygen atoms in total. The first-order valence-corrected chi connectivity index (χ1v) is 9.75. The second kappa shape index (κ2) is 7.82. The SMILES string of the molecule is CNC(=O)c1ccc(CN(Cc2ccco2)c2ncnc3sc(C)cc23)cc1. The molecule has 0 bridgehead atoms. The van der Waals surface area contributed by atoms with Crippen LogP contribution in [0.1, 0.15) is 26.6 Å². The van der Waals surface area contributed by atoms with E-state index in [1.807, 2.05) is 36.4 Å². The van der Waals surface area contributed by atoms with E-state index in [1.54, 1.807) is 31.0 Å². The number of furan rings is 1. The summed E-state index contributed by atoms with van der Waals surface area (Å²) in [6.07, 6.45) is 3.29. The van der Waals surface area contributed by atoms with Gasteiger partial charge in [0.15, 0.2) is 0 Å². The minimum atomic E-state index is -0.0924. The van der Waals surface area contributed by atoms with Crippen molar-refractivity contribution in [1.82, 2.24) is 15.3 Å². The normalized spacial score (nSPS) is 10.9. The fourth-order valence-electron chi connectivity index (χ4n) is 3.14. The summed E-state index contributed by atoms with van der Waals surface area (Å²) in [4.78, 5) is 25.1. The molecule has 7 heteroatoms. The smallest absolute Gasteiger partial charge is 0.251 e. The average molecular weight is 392 g/mol. The second-order valence-corrected chi connectivity index (χ2v) is 7.72. The van der Waals surface area contributed by atoms with E-state index in [0.717, 1.165) is 27.4 Å². The molecule has 28 heavy (non-hydrogen) atoms. The number of nitrogens with one attached hydrogen (secondary N) is 1. The van der Waals surface area contributed by atoms with Crippen molar-refractivity contribution in [2.45, 2.75) is 20.0 Å². The fourth-order valence-corrected chi connectivity index (χ4v) is 3.98. The Kier molecular flexibility index (Phi) is 5.08. The highest BCUT2D eigenvalue weighted by molar-refractivity contribution is 7.18. The van der Waals surface area contributed by atoms with E-state index in [2.05, 4.69) is 33.2 Å². The van der Waals surface area contributed by atoms with Crippen molar-refractivity contribution in [1.29, 1.82) is 0 Å². The third kappa shape index (κ3) is 3.75. The van der Waals surface area contributed by atoms with E-state index >= 15 is 0 Å². The number of thiophene rings is 1. The molecule has 0 saturated heterocycles. The van der Waals surface area contributed by atoms with Gasteiger partial charge in [-0.05, 0) is 42.8 Å². The van der Waals surface area contributed by atoms with Crippen LogP contribution in [-0.2, 0) is 13.1 Å². The summed E-state index contributed by atoms with van der Waals surface area (Å²) in [5.41, 5.74) is 1.72. The first-order valence-electron chi connectivity index (χ1n) is 8.93. The van der Waals surface area contributed by atoms with Gasteiger partial charge >= 0.3 is 0 Å². The zero-order valence-corrected chi connectivity index (χ0v) is 16.5. The molecule has 0 aliphatic heterocycles. The van der Waals surface area contributed by atoms with Gasteiger partial charge in [0.25, 0.3) is 5.91 Å². The minimum absolute atomic E-state index is 0.0924. The van der Waals surface area contributed by atoms with Crippen molar-refractivity contribution in [2.24, 2.45) is 0 Å². The monoisotopic (exact) mass is 392 g/mol. The Bertz CT molecular complexity index is 1090. The lowest BCUT2D eigenvalue weighted by atomic mass is 10.1. The van der Waals surface area contributed by atoms with Crippen LogP contribution in [0.4, 0.5) is 5.82 Å². The lowest BCUT2D eigenvalue weighted by molar-refractivity contribution is 0.0963. The Morgan fingerprint density at radius 3 is 2.71 bits per heavy atom. The Morgan fingerprint density at radius 2 is 2.00 bits per heavy atom. The highest BCUT2D eigenvalue weighted by atomic mass is 32.1. The Labute approximate surface area is 166 Å². The first-order chi connectivity index (χ1) is 13.6. The van der Waals surface area contributed by atoms with Gasteiger partial charge in [0, 0.05) is 24.0 Å². The standard InChI is InChI=1S/C21H20N4O2S/c1-14-10-18-19(23-13-24-21(18)28-14)25(12-17-4-3-9-27-17)11-15-5-7-16(8-6-15)20(26)22-2/h3-10,13H,11-12H2,1-2H3,(H,22,26). The van der Waals surface area contributed by atoms with Crippen LogP contribution in [-0.4, -0.2) is 22.9 Å². The van der Waals surface area contributed by atoms with E-state index < -0.39 is 0 Å². The van der Waals surface area contributed by atoms with Gasteiger partial charge in [0.1, 0.15) is 22.7 Å². The van der Waals surface area contributed by atoms with Gasteiger partial charge in [0.2, 0.25) is 0 Å². The molecule has 0 spiro atoms. The van der Waals surface area contributed by atoms with Crippen LogP contribution in [0.2, 0.25) is 0 Å². The van der Waals surface area contributed by atoms with Crippen LogP contribution in [0.3, 0.4) is 0 Å². The fraction of sp³-hybridized carbons (Fsp3) is 0.190. The maximum absolute atomic E-state index is 11.8. The zero-order valence-electron chi connectivity index (χ0n) is 15.7. The van der Waals surface area contributed by atoms with Crippen LogP contribution < -0.4 is 10.2 Å². The van der Waals surface area contributed by atoms with Gasteiger partial charge in [-0.3, -0.25) is 4.79 Å². The number of amides is 1. The number of nitrogens with zero attached hydrogens (tertiary/aromatic N) is 3. The van der Waals surface area contributed by atoms with Gasteiger partial charge in [-0.1, -0.05) is 12.1 Å². The second-order valence-electron chi connectivity index (χ2n) is 6.48. The highest BCUT2D eigenvalue weighted by Crippen LogP contribution is 2.31. The molecule has 0 radical (unpaired) electrons. The molecule has 1 amide bonds. The van der Waals surface area contributed by atoms with Crippen molar-refractivity contribution in [2.75, 3.05) is 11.9 Å². The predicted octanol–water partition coefficient (Wildman–Crippen LogP) is 4.16. The molecule has 0 unspecified atom stereocenters. The molecule has 3 aromatic heterocycles. The number of rotatable bonds is 6. The van der Waals surface area contributed by atoms with Gasteiger partial charge < -0.3 is 14.6 Å². The molecule has 3 heterocycles. The van der Waals surface area contributed by atoms with Crippen molar-refractivity contribution in [3.8, 4) is 0 Å². The number of hydrogen-bond donors (Lipinski definition) is 1. The lowest BCUT2D eigenvalue weighted by Gasteiger charge is -2.23. The molecule has 0 aliphatic rings. The summed E-state index contributed by atoms with van der Waals surface area (Å²) in [5, 5.41) is 3.68. The van der Waals surface area contributed by atoms with E-state index in [4.69, 9.17) is 4.42 Å². The molecule has 1 aromatic carbocycles. The van der Waals surface area contributed by atoms with Crippen molar-refractivity contribution < 1.29 is 9.21 Å². The van der Waals surface area contributed by atoms with E-state index in [9.17, 15) is 4.79 Å². The van der Waals surface area contributed by atoms with Gasteiger partial charge in [-0.15, -0.1) is 11.3 Å². The summed E-state index contributed by atoms with van der Waals surface area (Å²) < 4.78 is 5.57. The Balaban J connectivity index is 1.68. The summed E-state index contributed by atoms with van der Waals surface area (Å²) in [5.74, 6) is 1.65. The molecular formula is C21H20N4O2S. The van der Waals surface area contributed by atoms with Crippen molar-refractivity contribution in [3.63, 3.8) is 0 Å². The molecule has 1 N–H and O–H groups in total. The molecule has 4 rings (SSSR count). The number of hydrogen-bond acceptors (Lipinski definition) is 6. The number of carbonyl (C=O) groups excluding carboxylic acids is 1. The topological polar surface area (TPSA) is 71.3 Å². The van der Waals surface area contributed by atoms with Crippen LogP contribution in [0.15, 0.2) is 59.5 Å². The van der Waals surface area contributed by atoms with Crippen molar-refractivity contribution >= 4 is 33.3 Å². The highest BCUT2D eigenvalue weighted by Gasteiger charge is 2.17. The maximum atomic E-state index is 11.8. The minimum Gasteiger partial charge on any atom is -0.467 e. The largest absolute Gasteiger partial charge is 0.467 e. The third-order valence-corrected chi connectivity index (χ3v) is 5.43. The molecule has 0 saturated carbocycles. The summed E-state index contributed by atoms with van der Waals surface area (Å²) in [6.45, 7) is 3.30. The van der Waals surface area contributed by atoms with Gasteiger partial charge in [-0.2, -0.15) is 0 Å². The maximum Gasteiger partial charge on any atom is 0.251 e. The van der Waals surface area contributed by atoms with Crippen LogP contribution in [0.25, 0.3) is 10.2 Å². The number of benzene rings is 1.